The average Bonchev–Trinajstić information content (AvgIpc) is 2.90. The molecule has 1 aliphatic heterocycles. The summed E-state index contributed by atoms with van der Waals surface area (Å²) in [5.41, 5.74) is 2.49. The van der Waals surface area contributed by atoms with E-state index in [1.54, 1.807) is 0 Å². The van der Waals surface area contributed by atoms with Gasteiger partial charge in [-0.25, -0.2) is 0 Å². The quantitative estimate of drug-likeness (QED) is 0.929. The van der Waals surface area contributed by atoms with Crippen LogP contribution in [0.4, 0.5) is 0 Å². The number of aryl methyl sites for hydroxylation is 1. The largest absolute Gasteiger partial charge is 0.391 e. The first-order valence-electron chi connectivity index (χ1n) is 7.16. The van der Waals surface area contributed by atoms with Crippen LogP contribution in [0.5, 0.6) is 0 Å². The molecular weight excluding hydrogens is 274 g/mol. The van der Waals surface area contributed by atoms with Gasteiger partial charge in [-0.2, -0.15) is 23.5 Å². The number of aliphatic hydroxyl groups is 1. The zero-order valence-electron chi connectivity index (χ0n) is 11.3. The van der Waals surface area contributed by atoms with Crippen molar-refractivity contribution in [2.24, 2.45) is 0 Å². The van der Waals surface area contributed by atoms with Gasteiger partial charge in [0.25, 0.3) is 0 Å². The van der Waals surface area contributed by atoms with E-state index < -0.39 is 0 Å². The maximum Gasteiger partial charge on any atom is 0.0753 e. The molecule has 2 nitrogen and oxygen atoms in total. The molecule has 19 heavy (non-hydrogen) atoms. The van der Waals surface area contributed by atoms with Crippen LogP contribution in [0, 0.1) is 0 Å². The molecule has 1 aromatic rings. The van der Waals surface area contributed by atoms with Gasteiger partial charge in [-0.1, -0.05) is 13.0 Å². The van der Waals surface area contributed by atoms with Crippen LogP contribution in [-0.2, 0) is 6.42 Å². The minimum Gasteiger partial charge on any atom is -0.391 e. The average molecular weight is 295 g/mol. The van der Waals surface area contributed by atoms with E-state index in [4.69, 9.17) is 0 Å². The van der Waals surface area contributed by atoms with Crippen molar-refractivity contribution in [1.29, 1.82) is 0 Å². The highest BCUT2D eigenvalue weighted by atomic mass is 32.2. The van der Waals surface area contributed by atoms with Crippen molar-refractivity contribution in [2.45, 2.75) is 48.7 Å². The third-order valence-corrected chi connectivity index (χ3v) is 7.60. The summed E-state index contributed by atoms with van der Waals surface area (Å²) < 4.78 is 0. The molecule has 0 bridgehead atoms. The number of nitrogens with zero attached hydrogens (tertiary/aromatic N) is 1. The van der Waals surface area contributed by atoms with E-state index in [0.29, 0.717) is 10.5 Å². The first-order chi connectivity index (χ1) is 9.31. The number of hydrogen-bond donors (Lipinski definition) is 1. The SMILES string of the molecule is CCC1SCCSC1C(O)C1CCc2cccnc21. The van der Waals surface area contributed by atoms with Gasteiger partial charge >= 0.3 is 0 Å². The number of hydrogen-bond acceptors (Lipinski definition) is 4. The summed E-state index contributed by atoms with van der Waals surface area (Å²) in [6, 6.07) is 4.17. The number of aliphatic hydroxyl groups excluding tert-OH is 1. The summed E-state index contributed by atoms with van der Waals surface area (Å²) in [6.07, 6.45) is 4.92. The van der Waals surface area contributed by atoms with Crippen LogP contribution in [-0.4, -0.2) is 38.2 Å². The maximum atomic E-state index is 10.8. The fourth-order valence-electron chi connectivity index (χ4n) is 3.26. The second-order valence-electron chi connectivity index (χ2n) is 5.34. The summed E-state index contributed by atoms with van der Waals surface area (Å²) in [7, 11) is 0. The van der Waals surface area contributed by atoms with Crippen LogP contribution >= 0.6 is 23.5 Å². The molecule has 104 valence electrons. The molecule has 1 saturated heterocycles. The molecule has 4 atom stereocenters. The standard InChI is InChI=1S/C15H21NOS2/c1-2-12-15(19-9-8-18-12)14(17)11-6-5-10-4-3-7-16-13(10)11/h3-4,7,11-12,14-15,17H,2,5-6,8-9H2,1H3. The normalized spacial score (nSPS) is 32.0. The topological polar surface area (TPSA) is 33.1 Å². The second kappa shape index (κ2) is 6.06. The van der Waals surface area contributed by atoms with Gasteiger partial charge in [0.05, 0.1) is 6.10 Å². The van der Waals surface area contributed by atoms with Gasteiger partial charge < -0.3 is 5.11 Å². The van der Waals surface area contributed by atoms with Crippen molar-refractivity contribution in [1.82, 2.24) is 4.98 Å². The van der Waals surface area contributed by atoms with E-state index in [-0.39, 0.29) is 12.0 Å². The molecule has 1 aromatic heterocycles. The molecule has 0 radical (unpaired) electrons. The van der Waals surface area contributed by atoms with Gasteiger partial charge in [0.1, 0.15) is 0 Å². The molecule has 1 N–H and O–H groups in total. The zero-order valence-corrected chi connectivity index (χ0v) is 12.9. The second-order valence-corrected chi connectivity index (χ2v) is 7.97. The molecule has 0 amide bonds. The minimum atomic E-state index is -0.237. The summed E-state index contributed by atoms with van der Waals surface area (Å²) in [4.78, 5) is 4.53. The molecule has 2 aliphatic rings. The Labute approximate surface area is 123 Å². The lowest BCUT2D eigenvalue weighted by Gasteiger charge is -2.35. The van der Waals surface area contributed by atoms with Gasteiger partial charge in [0, 0.05) is 39.8 Å². The summed E-state index contributed by atoms with van der Waals surface area (Å²) in [6.45, 7) is 2.24. The summed E-state index contributed by atoms with van der Waals surface area (Å²) in [5, 5.41) is 11.8. The van der Waals surface area contributed by atoms with E-state index >= 15 is 0 Å². The fraction of sp³-hybridized carbons (Fsp3) is 0.667. The molecular formula is C15H21NOS2. The number of pyridine rings is 1. The van der Waals surface area contributed by atoms with Gasteiger partial charge in [-0.3, -0.25) is 4.98 Å². The Morgan fingerprint density at radius 3 is 3.11 bits per heavy atom. The first kappa shape index (κ1) is 13.8. The van der Waals surface area contributed by atoms with Gasteiger partial charge in [0.15, 0.2) is 0 Å². The maximum absolute atomic E-state index is 10.8. The molecule has 0 saturated carbocycles. The van der Waals surface area contributed by atoms with Crippen molar-refractivity contribution in [3.05, 3.63) is 29.6 Å². The molecule has 2 heterocycles. The Morgan fingerprint density at radius 2 is 2.26 bits per heavy atom. The van der Waals surface area contributed by atoms with Crippen molar-refractivity contribution in [3.8, 4) is 0 Å². The lowest BCUT2D eigenvalue weighted by Crippen LogP contribution is -2.39. The number of fused-ring (bicyclic) bond motifs is 1. The predicted molar refractivity (Wildman–Crippen MR) is 84.1 cm³/mol. The fourth-order valence-corrected chi connectivity index (χ4v) is 6.46. The lowest BCUT2D eigenvalue weighted by molar-refractivity contribution is 0.136. The van der Waals surface area contributed by atoms with E-state index in [2.05, 4.69) is 18.0 Å². The molecule has 1 aliphatic carbocycles. The Bertz CT molecular complexity index is 440. The van der Waals surface area contributed by atoms with Crippen molar-refractivity contribution in [2.75, 3.05) is 11.5 Å². The lowest BCUT2D eigenvalue weighted by atomic mass is 9.94. The minimum absolute atomic E-state index is 0.237. The number of aromatic nitrogens is 1. The molecule has 0 spiro atoms. The van der Waals surface area contributed by atoms with Crippen LogP contribution < -0.4 is 0 Å². The Morgan fingerprint density at radius 1 is 1.42 bits per heavy atom. The van der Waals surface area contributed by atoms with Crippen molar-refractivity contribution in [3.63, 3.8) is 0 Å². The third kappa shape index (κ3) is 2.67. The van der Waals surface area contributed by atoms with Gasteiger partial charge in [-0.05, 0) is 30.9 Å². The monoisotopic (exact) mass is 295 g/mol. The third-order valence-electron chi connectivity index (χ3n) is 4.25. The highest BCUT2D eigenvalue weighted by Gasteiger charge is 2.39. The molecule has 0 aromatic carbocycles. The number of rotatable bonds is 3. The first-order valence-corrected chi connectivity index (χ1v) is 9.26. The van der Waals surface area contributed by atoms with E-state index in [9.17, 15) is 5.11 Å². The van der Waals surface area contributed by atoms with E-state index in [1.165, 1.54) is 17.1 Å². The van der Waals surface area contributed by atoms with E-state index in [0.717, 1.165) is 25.0 Å². The summed E-state index contributed by atoms with van der Waals surface area (Å²) in [5.74, 6) is 2.65. The Hall–Kier alpha value is -0.190. The number of thioether (sulfide) groups is 2. The van der Waals surface area contributed by atoms with Crippen molar-refractivity contribution >= 4 is 23.5 Å². The van der Waals surface area contributed by atoms with Crippen LogP contribution in [0.2, 0.25) is 0 Å². The molecule has 4 heteroatoms. The highest BCUT2D eigenvalue weighted by molar-refractivity contribution is 8.07. The van der Waals surface area contributed by atoms with Crippen LogP contribution in [0.1, 0.15) is 36.9 Å². The van der Waals surface area contributed by atoms with Crippen LogP contribution in [0.3, 0.4) is 0 Å². The predicted octanol–water partition coefficient (Wildman–Crippen LogP) is 3.10. The Balaban J connectivity index is 1.79. The zero-order chi connectivity index (χ0) is 13.2. The molecule has 3 rings (SSSR count). The molecule has 1 fully saturated rings. The van der Waals surface area contributed by atoms with E-state index in [1.807, 2.05) is 35.8 Å². The van der Waals surface area contributed by atoms with Gasteiger partial charge in [-0.15, -0.1) is 0 Å². The van der Waals surface area contributed by atoms with Gasteiger partial charge in [0.2, 0.25) is 0 Å². The van der Waals surface area contributed by atoms with Crippen LogP contribution in [0.25, 0.3) is 0 Å². The van der Waals surface area contributed by atoms with Crippen molar-refractivity contribution < 1.29 is 5.11 Å². The smallest absolute Gasteiger partial charge is 0.0753 e. The Kier molecular flexibility index (Phi) is 4.40. The van der Waals surface area contributed by atoms with Crippen LogP contribution in [0.15, 0.2) is 18.3 Å². The summed E-state index contributed by atoms with van der Waals surface area (Å²) >= 11 is 4.01. The molecule has 4 unspecified atom stereocenters. The highest BCUT2D eigenvalue weighted by Crippen LogP contribution is 2.42.